The number of carbonyl (C=O) groups is 2. The van der Waals surface area contributed by atoms with E-state index in [0.29, 0.717) is 11.8 Å². The molecular weight excluding hydrogens is 512 g/mol. The number of para-hydroxylation sites is 2. The van der Waals surface area contributed by atoms with Crippen LogP contribution in [0.15, 0.2) is 97.1 Å². The van der Waals surface area contributed by atoms with E-state index < -0.39 is 0 Å². The zero-order chi connectivity index (χ0) is 29.2. The number of anilines is 2. The summed E-state index contributed by atoms with van der Waals surface area (Å²) in [6, 6.07) is 31.1. The van der Waals surface area contributed by atoms with Crippen molar-refractivity contribution in [3.63, 3.8) is 0 Å². The SMILES string of the molecule is CC(C)c1ccccc1OCC(=O)Nc1ccc(Cc2ccc(NC(=O)COc3ccccc3C(C)C)cc2)cc1. The average molecular weight is 551 g/mol. The van der Waals surface area contributed by atoms with Crippen molar-refractivity contribution in [2.75, 3.05) is 23.8 Å². The van der Waals surface area contributed by atoms with Crippen molar-refractivity contribution in [2.24, 2.45) is 0 Å². The summed E-state index contributed by atoms with van der Waals surface area (Å²) in [6.45, 7) is 8.30. The predicted molar refractivity (Wildman–Crippen MR) is 165 cm³/mol. The summed E-state index contributed by atoms with van der Waals surface area (Å²) < 4.78 is 11.5. The van der Waals surface area contributed by atoms with Crippen LogP contribution in [-0.2, 0) is 16.0 Å². The van der Waals surface area contributed by atoms with E-state index in [1.54, 1.807) is 0 Å². The lowest BCUT2D eigenvalue weighted by Crippen LogP contribution is -2.20. The monoisotopic (exact) mass is 550 g/mol. The quantitative estimate of drug-likeness (QED) is 0.191. The number of ether oxygens (including phenoxy) is 2. The lowest BCUT2D eigenvalue weighted by Gasteiger charge is -2.14. The van der Waals surface area contributed by atoms with Gasteiger partial charge >= 0.3 is 0 Å². The zero-order valence-electron chi connectivity index (χ0n) is 24.1. The predicted octanol–water partition coefficient (Wildman–Crippen LogP) is 7.56. The molecule has 0 aliphatic rings. The third-order valence-electron chi connectivity index (χ3n) is 6.68. The molecule has 0 aromatic heterocycles. The molecule has 0 atom stereocenters. The minimum atomic E-state index is -0.205. The highest BCUT2D eigenvalue weighted by Crippen LogP contribution is 2.27. The summed E-state index contributed by atoms with van der Waals surface area (Å²) in [5.74, 6) is 1.69. The third-order valence-corrected chi connectivity index (χ3v) is 6.68. The Morgan fingerprint density at radius 2 is 0.927 bits per heavy atom. The highest BCUT2D eigenvalue weighted by molar-refractivity contribution is 5.92. The van der Waals surface area contributed by atoms with Crippen LogP contribution in [0.1, 0.15) is 61.8 Å². The van der Waals surface area contributed by atoms with Gasteiger partial charge in [0.1, 0.15) is 11.5 Å². The van der Waals surface area contributed by atoms with E-state index in [2.05, 4.69) is 38.3 Å². The molecule has 0 aliphatic carbocycles. The molecule has 6 nitrogen and oxygen atoms in total. The first-order valence-corrected chi connectivity index (χ1v) is 14.0. The van der Waals surface area contributed by atoms with Crippen molar-refractivity contribution in [1.82, 2.24) is 0 Å². The van der Waals surface area contributed by atoms with Gasteiger partial charge in [0.2, 0.25) is 0 Å². The van der Waals surface area contributed by atoms with Crippen molar-refractivity contribution in [1.29, 1.82) is 0 Å². The van der Waals surface area contributed by atoms with Crippen LogP contribution in [0.5, 0.6) is 11.5 Å². The summed E-state index contributed by atoms with van der Waals surface area (Å²) in [4.78, 5) is 24.9. The topological polar surface area (TPSA) is 76.7 Å². The second-order valence-corrected chi connectivity index (χ2v) is 10.6. The van der Waals surface area contributed by atoms with Gasteiger partial charge in [0.15, 0.2) is 13.2 Å². The minimum Gasteiger partial charge on any atom is -0.483 e. The first-order valence-electron chi connectivity index (χ1n) is 14.0. The Bertz CT molecular complexity index is 1330. The normalized spacial score (nSPS) is 10.9. The number of hydrogen-bond donors (Lipinski definition) is 2. The molecule has 212 valence electrons. The summed E-state index contributed by atoms with van der Waals surface area (Å²) in [5.41, 5.74) is 5.82. The second kappa shape index (κ2) is 14.2. The van der Waals surface area contributed by atoms with Crippen LogP contribution in [0, 0.1) is 0 Å². The number of amides is 2. The number of carbonyl (C=O) groups excluding carboxylic acids is 2. The summed E-state index contributed by atoms with van der Waals surface area (Å²) in [5, 5.41) is 5.78. The van der Waals surface area contributed by atoms with Crippen LogP contribution in [0.3, 0.4) is 0 Å². The Morgan fingerprint density at radius 3 is 1.29 bits per heavy atom. The number of hydrogen-bond acceptors (Lipinski definition) is 4. The van der Waals surface area contributed by atoms with E-state index >= 15 is 0 Å². The van der Waals surface area contributed by atoms with Crippen LogP contribution < -0.4 is 20.1 Å². The fourth-order valence-corrected chi connectivity index (χ4v) is 4.51. The highest BCUT2D eigenvalue weighted by atomic mass is 16.5. The van der Waals surface area contributed by atoms with Gasteiger partial charge in [-0.25, -0.2) is 0 Å². The molecule has 0 saturated carbocycles. The largest absolute Gasteiger partial charge is 0.483 e. The number of rotatable bonds is 12. The minimum absolute atomic E-state index is 0.0499. The van der Waals surface area contributed by atoms with Gasteiger partial charge in [-0.1, -0.05) is 88.4 Å². The Morgan fingerprint density at radius 1 is 0.561 bits per heavy atom. The Balaban J connectivity index is 1.23. The molecule has 4 rings (SSSR count). The zero-order valence-corrected chi connectivity index (χ0v) is 24.1. The molecule has 2 N–H and O–H groups in total. The molecule has 0 fully saturated rings. The molecule has 0 spiro atoms. The van der Waals surface area contributed by atoms with E-state index in [4.69, 9.17) is 9.47 Å². The smallest absolute Gasteiger partial charge is 0.262 e. The van der Waals surface area contributed by atoms with Gasteiger partial charge in [0.25, 0.3) is 11.8 Å². The number of benzene rings is 4. The Labute approximate surface area is 242 Å². The van der Waals surface area contributed by atoms with E-state index in [9.17, 15) is 9.59 Å². The van der Waals surface area contributed by atoms with Crippen molar-refractivity contribution in [2.45, 2.75) is 46.0 Å². The molecule has 0 aliphatic heterocycles. The first kappa shape index (κ1) is 29.4. The Hall–Kier alpha value is -4.58. The van der Waals surface area contributed by atoms with Crippen molar-refractivity contribution in [3.8, 4) is 11.5 Å². The molecule has 4 aromatic rings. The summed E-state index contributed by atoms with van der Waals surface area (Å²) >= 11 is 0. The summed E-state index contributed by atoms with van der Waals surface area (Å²) in [7, 11) is 0. The van der Waals surface area contributed by atoms with Gasteiger partial charge in [-0.2, -0.15) is 0 Å². The van der Waals surface area contributed by atoms with E-state index in [-0.39, 0.29) is 25.0 Å². The maximum atomic E-state index is 12.4. The van der Waals surface area contributed by atoms with Crippen LogP contribution in [0.2, 0.25) is 0 Å². The van der Waals surface area contributed by atoms with Crippen LogP contribution in [-0.4, -0.2) is 25.0 Å². The van der Waals surface area contributed by atoms with Gasteiger partial charge in [-0.15, -0.1) is 0 Å². The van der Waals surface area contributed by atoms with Gasteiger partial charge in [-0.3, -0.25) is 9.59 Å². The molecule has 0 unspecified atom stereocenters. The van der Waals surface area contributed by atoms with E-state index in [0.717, 1.165) is 51.5 Å². The van der Waals surface area contributed by atoms with Gasteiger partial charge in [-0.05, 0) is 76.9 Å². The van der Waals surface area contributed by atoms with Crippen molar-refractivity contribution in [3.05, 3.63) is 119 Å². The molecule has 0 radical (unpaired) electrons. The fraction of sp³-hybridized carbons (Fsp3) is 0.257. The molecule has 41 heavy (non-hydrogen) atoms. The standard InChI is InChI=1S/C35H38N2O4/c1-24(2)30-9-5-7-11-32(30)40-22-34(38)36-28-17-13-26(14-18-28)21-27-15-19-29(20-16-27)37-35(39)23-41-33-12-8-6-10-31(33)25(3)4/h5-20,24-25H,21-23H2,1-4H3,(H,36,38)(H,37,39). The molecule has 4 aromatic carbocycles. The lowest BCUT2D eigenvalue weighted by atomic mass is 10.0. The first-order chi connectivity index (χ1) is 19.8. The molecule has 0 bridgehead atoms. The van der Waals surface area contributed by atoms with Crippen LogP contribution >= 0.6 is 0 Å². The second-order valence-electron chi connectivity index (χ2n) is 10.6. The van der Waals surface area contributed by atoms with Crippen LogP contribution in [0.25, 0.3) is 0 Å². The fourth-order valence-electron chi connectivity index (χ4n) is 4.51. The van der Waals surface area contributed by atoms with Crippen LogP contribution in [0.4, 0.5) is 11.4 Å². The molecule has 0 heterocycles. The average Bonchev–Trinajstić information content (AvgIpc) is 2.97. The van der Waals surface area contributed by atoms with Gasteiger partial charge in [0.05, 0.1) is 0 Å². The third kappa shape index (κ3) is 8.70. The Kier molecular flexibility index (Phi) is 10.2. The summed E-state index contributed by atoms with van der Waals surface area (Å²) in [6.07, 6.45) is 0.729. The van der Waals surface area contributed by atoms with Gasteiger partial charge < -0.3 is 20.1 Å². The van der Waals surface area contributed by atoms with Crippen molar-refractivity contribution >= 4 is 23.2 Å². The molecule has 6 heteroatoms. The van der Waals surface area contributed by atoms with Crippen molar-refractivity contribution < 1.29 is 19.1 Å². The maximum absolute atomic E-state index is 12.4. The molecular formula is C35H38N2O4. The number of nitrogens with one attached hydrogen (secondary N) is 2. The molecule has 0 saturated heterocycles. The van der Waals surface area contributed by atoms with E-state index in [1.165, 1.54) is 0 Å². The van der Waals surface area contributed by atoms with E-state index in [1.807, 2.05) is 97.1 Å². The lowest BCUT2D eigenvalue weighted by molar-refractivity contribution is -0.118. The van der Waals surface area contributed by atoms with Gasteiger partial charge in [0, 0.05) is 11.4 Å². The highest BCUT2D eigenvalue weighted by Gasteiger charge is 2.11. The molecule has 2 amide bonds. The maximum Gasteiger partial charge on any atom is 0.262 e.